The quantitative estimate of drug-likeness (QED) is 0.755. The van der Waals surface area contributed by atoms with Gasteiger partial charge in [0.2, 0.25) is 5.88 Å². The maximum atomic E-state index is 9.39. The van der Waals surface area contributed by atoms with Crippen LogP contribution in [0.3, 0.4) is 0 Å². The van der Waals surface area contributed by atoms with Crippen molar-refractivity contribution in [3.63, 3.8) is 0 Å². The summed E-state index contributed by atoms with van der Waals surface area (Å²) >= 11 is 0. The Bertz CT molecular complexity index is 656. The van der Waals surface area contributed by atoms with Gasteiger partial charge in [0.25, 0.3) is 0 Å². The van der Waals surface area contributed by atoms with E-state index in [2.05, 4.69) is 16.5 Å². The van der Waals surface area contributed by atoms with Crippen LogP contribution in [0.4, 0.5) is 0 Å². The molecule has 0 atom stereocenters. The van der Waals surface area contributed by atoms with Gasteiger partial charge in [0.05, 0.1) is 25.9 Å². The second-order valence-electron chi connectivity index (χ2n) is 4.68. The molecule has 122 valence electrons. The highest BCUT2D eigenvalue weighted by Gasteiger charge is 2.11. The summed E-state index contributed by atoms with van der Waals surface area (Å²) in [4.78, 5) is 8.38. The van der Waals surface area contributed by atoms with Crippen LogP contribution in [-0.2, 0) is 18.0 Å². The zero-order valence-corrected chi connectivity index (χ0v) is 13.3. The summed E-state index contributed by atoms with van der Waals surface area (Å²) in [6.07, 6.45) is 1.51. The summed E-state index contributed by atoms with van der Waals surface area (Å²) in [6.45, 7) is 6.21. The maximum absolute atomic E-state index is 9.39. The molecule has 1 aromatic carbocycles. The molecule has 0 fully saturated rings. The molecular weight excluding hydrogens is 296 g/mol. The number of hydrogen-bond acceptors (Lipinski definition) is 6. The van der Waals surface area contributed by atoms with E-state index < -0.39 is 0 Å². The standard InChI is InChI=1S/C17H20N2O4/c1-4-22-12(2)16-18-9-14(10-20)17(19-16)23-11-13-5-7-15(21-3)8-6-13/h5-9,20H,2,4,10-11H2,1,3H3. The Labute approximate surface area is 135 Å². The third-order valence-electron chi connectivity index (χ3n) is 3.10. The molecular formula is C17H20N2O4. The SMILES string of the molecule is C=C(OCC)c1ncc(CO)c(OCc2ccc(OC)cc2)n1. The molecule has 1 heterocycles. The van der Waals surface area contributed by atoms with Gasteiger partial charge in [-0.25, -0.2) is 4.98 Å². The lowest BCUT2D eigenvalue weighted by atomic mass is 10.2. The van der Waals surface area contributed by atoms with Crippen molar-refractivity contribution in [2.24, 2.45) is 0 Å². The van der Waals surface area contributed by atoms with E-state index >= 15 is 0 Å². The zero-order chi connectivity index (χ0) is 16.7. The smallest absolute Gasteiger partial charge is 0.223 e. The number of aliphatic hydroxyl groups is 1. The molecule has 0 spiro atoms. The number of rotatable bonds is 8. The fraction of sp³-hybridized carbons (Fsp3) is 0.294. The second kappa shape index (κ2) is 8.14. The second-order valence-corrected chi connectivity index (χ2v) is 4.68. The normalized spacial score (nSPS) is 10.2. The van der Waals surface area contributed by atoms with E-state index in [9.17, 15) is 5.11 Å². The van der Waals surface area contributed by atoms with E-state index in [1.54, 1.807) is 7.11 Å². The molecule has 2 aromatic rings. The van der Waals surface area contributed by atoms with Crippen molar-refractivity contribution < 1.29 is 19.3 Å². The van der Waals surface area contributed by atoms with E-state index in [-0.39, 0.29) is 6.61 Å². The largest absolute Gasteiger partial charge is 0.497 e. The molecule has 0 aliphatic carbocycles. The average Bonchev–Trinajstić information content (AvgIpc) is 2.60. The first-order chi connectivity index (χ1) is 11.2. The fourth-order valence-corrected chi connectivity index (χ4v) is 1.87. The van der Waals surface area contributed by atoms with Crippen LogP contribution in [0.25, 0.3) is 5.76 Å². The first-order valence-electron chi connectivity index (χ1n) is 7.22. The number of benzene rings is 1. The van der Waals surface area contributed by atoms with E-state index in [0.29, 0.717) is 36.2 Å². The summed E-state index contributed by atoms with van der Waals surface area (Å²) in [5, 5.41) is 9.39. The van der Waals surface area contributed by atoms with Crippen LogP contribution < -0.4 is 9.47 Å². The van der Waals surface area contributed by atoms with Crippen LogP contribution in [0.1, 0.15) is 23.9 Å². The number of aliphatic hydroxyl groups excluding tert-OH is 1. The van der Waals surface area contributed by atoms with E-state index in [0.717, 1.165) is 11.3 Å². The molecule has 0 aliphatic rings. The van der Waals surface area contributed by atoms with E-state index in [4.69, 9.17) is 14.2 Å². The molecule has 0 saturated carbocycles. The summed E-state index contributed by atoms with van der Waals surface area (Å²) in [5.74, 6) is 1.80. The monoisotopic (exact) mass is 316 g/mol. The molecule has 6 heteroatoms. The van der Waals surface area contributed by atoms with Crippen molar-refractivity contribution in [1.29, 1.82) is 0 Å². The fourth-order valence-electron chi connectivity index (χ4n) is 1.87. The summed E-state index contributed by atoms with van der Waals surface area (Å²) in [7, 11) is 1.62. The van der Waals surface area contributed by atoms with Gasteiger partial charge in [-0.05, 0) is 24.6 Å². The molecule has 23 heavy (non-hydrogen) atoms. The molecule has 6 nitrogen and oxygen atoms in total. The molecule has 2 rings (SSSR count). The summed E-state index contributed by atoms with van der Waals surface area (Å²) in [6, 6.07) is 7.51. The molecule has 1 N–H and O–H groups in total. The van der Waals surface area contributed by atoms with Gasteiger partial charge in [-0.1, -0.05) is 18.7 Å². The van der Waals surface area contributed by atoms with Gasteiger partial charge in [-0.15, -0.1) is 0 Å². The number of ether oxygens (including phenoxy) is 3. The van der Waals surface area contributed by atoms with E-state index in [1.807, 2.05) is 31.2 Å². The Morgan fingerprint density at radius 1 is 1.26 bits per heavy atom. The van der Waals surface area contributed by atoms with Crippen molar-refractivity contribution in [2.75, 3.05) is 13.7 Å². The van der Waals surface area contributed by atoms with Crippen molar-refractivity contribution in [1.82, 2.24) is 9.97 Å². The minimum atomic E-state index is -0.209. The van der Waals surface area contributed by atoms with Crippen LogP contribution in [0.5, 0.6) is 11.6 Å². The van der Waals surface area contributed by atoms with Crippen LogP contribution in [0, 0.1) is 0 Å². The Morgan fingerprint density at radius 3 is 2.61 bits per heavy atom. The average molecular weight is 316 g/mol. The highest BCUT2D eigenvalue weighted by atomic mass is 16.5. The maximum Gasteiger partial charge on any atom is 0.223 e. The minimum absolute atomic E-state index is 0.209. The predicted molar refractivity (Wildman–Crippen MR) is 85.9 cm³/mol. The lowest BCUT2D eigenvalue weighted by molar-refractivity contribution is 0.250. The predicted octanol–water partition coefficient (Wildman–Crippen LogP) is 2.56. The van der Waals surface area contributed by atoms with Crippen molar-refractivity contribution in [3.05, 3.63) is 54.0 Å². The van der Waals surface area contributed by atoms with Crippen LogP contribution in [0.15, 0.2) is 37.0 Å². The lowest BCUT2D eigenvalue weighted by Crippen LogP contribution is -2.05. The number of hydrogen-bond donors (Lipinski definition) is 1. The first-order valence-corrected chi connectivity index (χ1v) is 7.22. The third-order valence-corrected chi connectivity index (χ3v) is 3.10. The van der Waals surface area contributed by atoms with Crippen LogP contribution in [0.2, 0.25) is 0 Å². The Kier molecular flexibility index (Phi) is 5.94. The molecule has 0 unspecified atom stereocenters. The number of nitrogens with zero attached hydrogens (tertiary/aromatic N) is 2. The van der Waals surface area contributed by atoms with Crippen molar-refractivity contribution in [2.45, 2.75) is 20.1 Å². The minimum Gasteiger partial charge on any atom is -0.497 e. The molecule has 0 radical (unpaired) electrons. The third kappa shape index (κ3) is 4.43. The summed E-state index contributed by atoms with van der Waals surface area (Å²) < 4.78 is 16.1. The van der Waals surface area contributed by atoms with Gasteiger partial charge in [-0.3, -0.25) is 0 Å². The summed E-state index contributed by atoms with van der Waals surface area (Å²) in [5.41, 5.74) is 1.46. The highest BCUT2D eigenvalue weighted by Crippen LogP contribution is 2.20. The molecule has 1 aromatic heterocycles. The molecule has 0 aliphatic heterocycles. The zero-order valence-electron chi connectivity index (χ0n) is 13.3. The number of aromatic nitrogens is 2. The van der Waals surface area contributed by atoms with Gasteiger partial charge in [-0.2, -0.15) is 4.98 Å². The Balaban J connectivity index is 2.13. The van der Waals surface area contributed by atoms with Gasteiger partial charge >= 0.3 is 0 Å². The molecule has 0 saturated heterocycles. The molecule has 0 amide bonds. The van der Waals surface area contributed by atoms with Gasteiger partial charge < -0.3 is 19.3 Å². The topological polar surface area (TPSA) is 73.7 Å². The van der Waals surface area contributed by atoms with Crippen LogP contribution >= 0.6 is 0 Å². The van der Waals surface area contributed by atoms with E-state index in [1.165, 1.54) is 6.20 Å². The Hall–Kier alpha value is -2.60. The van der Waals surface area contributed by atoms with Gasteiger partial charge in [0, 0.05) is 6.20 Å². The van der Waals surface area contributed by atoms with Crippen LogP contribution in [-0.4, -0.2) is 28.8 Å². The number of methoxy groups -OCH3 is 1. The first kappa shape index (κ1) is 16.8. The lowest BCUT2D eigenvalue weighted by Gasteiger charge is -2.12. The highest BCUT2D eigenvalue weighted by molar-refractivity contribution is 5.50. The van der Waals surface area contributed by atoms with Gasteiger partial charge in [0.15, 0.2) is 11.6 Å². The molecule has 0 bridgehead atoms. The van der Waals surface area contributed by atoms with Crippen molar-refractivity contribution in [3.8, 4) is 11.6 Å². The Morgan fingerprint density at radius 2 is 2.00 bits per heavy atom. The van der Waals surface area contributed by atoms with Gasteiger partial charge in [0.1, 0.15) is 12.4 Å². The van der Waals surface area contributed by atoms with Crippen molar-refractivity contribution >= 4 is 5.76 Å².